The Bertz CT molecular complexity index is 811. The Morgan fingerprint density at radius 2 is 2.14 bits per heavy atom. The van der Waals surface area contributed by atoms with Crippen LogP contribution >= 0.6 is 0 Å². The molecule has 0 spiro atoms. The fourth-order valence-electron chi connectivity index (χ4n) is 2.17. The molecule has 3 aromatic rings. The molecule has 0 bridgehead atoms. The maximum absolute atomic E-state index is 13.1. The third-order valence-corrected chi connectivity index (χ3v) is 3.23. The number of ether oxygens (including phenoxy) is 1. The van der Waals surface area contributed by atoms with E-state index in [0.717, 1.165) is 23.1 Å². The molecule has 21 heavy (non-hydrogen) atoms. The van der Waals surface area contributed by atoms with Crippen molar-refractivity contribution in [2.75, 3.05) is 0 Å². The Hall–Kier alpha value is -2.69. The summed E-state index contributed by atoms with van der Waals surface area (Å²) in [7, 11) is 0. The van der Waals surface area contributed by atoms with E-state index in [4.69, 9.17) is 4.74 Å². The number of aromatic nitrogens is 2. The molecule has 4 nitrogen and oxygen atoms in total. The van der Waals surface area contributed by atoms with Gasteiger partial charge in [-0.2, -0.15) is 0 Å². The third-order valence-electron chi connectivity index (χ3n) is 3.23. The molecule has 2 aromatic heterocycles. The first-order chi connectivity index (χ1) is 10.1. The van der Waals surface area contributed by atoms with Gasteiger partial charge >= 0.3 is 5.97 Å². The number of halogens is 1. The van der Waals surface area contributed by atoms with Crippen molar-refractivity contribution in [2.45, 2.75) is 13.5 Å². The van der Waals surface area contributed by atoms with E-state index in [2.05, 4.69) is 4.98 Å². The molecule has 3 rings (SSSR count). The van der Waals surface area contributed by atoms with Crippen molar-refractivity contribution in [3.63, 3.8) is 0 Å². The minimum absolute atomic E-state index is 0.0896. The second-order valence-electron chi connectivity index (χ2n) is 4.66. The van der Waals surface area contributed by atoms with E-state index in [-0.39, 0.29) is 12.2 Å². The molecular weight excluding hydrogens is 271 g/mol. The molecule has 0 N–H and O–H groups in total. The fourth-order valence-corrected chi connectivity index (χ4v) is 2.17. The van der Waals surface area contributed by atoms with E-state index in [1.165, 1.54) is 18.2 Å². The van der Waals surface area contributed by atoms with Gasteiger partial charge in [0.15, 0.2) is 0 Å². The molecule has 0 aliphatic carbocycles. The topological polar surface area (TPSA) is 43.6 Å². The summed E-state index contributed by atoms with van der Waals surface area (Å²) in [6.45, 7) is 1.95. The minimum Gasteiger partial charge on any atom is -0.456 e. The van der Waals surface area contributed by atoms with E-state index in [1.54, 1.807) is 0 Å². The molecule has 0 aliphatic rings. The van der Waals surface area contributed by atoms with Gasteiger partial charge in [0, 0.05) is 6.20 Å². The van der Waals surface area contributed by atoms with Gasteiger partial charge in [0.1, 0.15) is 18.1 Å². The van der Waals surface area contributed by atoms with E-state index < -0.39 is 11.8 Å². The molecule has 0 radical (unpaired) electrons. The zero-order valence-corrected chi connectivity index (χ0v) is 11.4. The molecule has 106 valence electrons. The van der Waals surface area contributed by atoms with Crippen molar-refractivity contribution >= 4 is 11.6 Å². The predicted octanol–water partition coefficient (Wildman–Crippen LogP) is 3.14. The molecule has 0 fully saturated rings. The summed E-state index contributed by atoms with van der Waals surface area (Å²) in [4.78, 5) is 16.3. The number of hydrogen-bond acceptors (Lipinski definition) is 3. The molecule has 0 saturated heterocycles. The predicted molar refractivity (Wildman–Crippen MR) is 75.4 cm³/mol. The van der Waals surface area contributed by atoms with Crippen LogP contribution in [0.25, 0.3) is 5.65 Å². The summed E-state index contributed by atoms with van der Waals surface area (Å²) in [6.07, 6.45) is 1.86. The summed E-state index contributed by atoms with van der Waals surface area (Å²) < 4.78 is 20.2. The van der Waals surface area contributed by atoms with Crippen LogP contribution in [-0.4, -0.2) is 15.4 Å². The highest BCUT2D eigenvalue weighted by Crippen LogP contribution is 2.14. The van der Waals surface area contributed by atoms with Crippen LogP contribution in [0.1, 0.15) is 21.7 Å². The highest BCUT2D eigenvalue weighted by Gasteiger charge is 2.12. The van der Waals surface area contributed by atoms with Gasteiger partial charge in [0.2, 0.25) is 0 Å². The maximum Gasteiger partial charge on any atom is 0.338 e. The lowest BCUT2D eigenvalue weighted by molar-refractivity contribution is 0.0465. The van der Waals surface area contributed by atoms with Crippen molar-refractivity contribution in [1.82, 2.24) is 9.38 Å². The number of imidazole rings is 1. The highest BCUT2D eigenvalue weighted by atomic mass is 19.1. The van der Waals surface area contributed by atoms with Crippen molar-refractivity contribution < 1.29 is 13.9 Å². The quantitative estimate of drug-likeness (QED) is 0.694. The van der Waals surface area contributed by atoms with Gasteiger partial charge in [-0.05, 0) is 37.3 Å². The van der Waals surface area contributed by atoms with Gasteiger partial charge in [-0.1, -0.05) is 12.1 Å². The largest absolute Gasteiger partial charge is 0.456 e. The first kappa shape index (κ1) is 13.3. The second-order valence-corrected chi connectivity index (χ2v) is 4.66. The normalized spacial score (nSPS) is 10.8. The number of pyridine rings is 1. The Kier molecular flexibility index (Phi) is 3.39. The van der Waals surface area contributed by atoms with Gasteiger partial charge in [0.25, 0.3) is 0 Å². The summed E-state index contributed by atoms with van der Waals surface area (Å²) in [5.74, 6) is -1.02. The number of carbonyl (C=O) groups is 1. The van der Waals surface area contributed by atoms with Gasteiger partial charge in [-0.3, -0.25) is 0 Å². The molecule has 1 aromatic carbocycles. The van der Waals surface area contributed by atoms with Crippen LogP contribution < -0.4 is 0 Å². The van der Waals surface area contributed by atoms with Gasteiger partial charge in [0.05, 0.1) is 17.0 Å². The van der Waals surface area contributed by atoms with Crippen LogP contribution in [0.15, 0.2) is 48.7 Å². The molecule has 0 unspecified atom stereocenters. The summed E-state index contributed by atoms with van der Waals surface area (Å²) >= 11 is 0. The number of nitrogens with zero attached hydrogens (tertiary/aromatic N) is 2. The summed E-state index contributed by atoms with van der Waals surface area (Å²) in [5.41, 5.74) is 2.59. The SMILES string of the molecule is Cc1nc2ccccn2c1COC(=O)c1cccc(F)c1. The van der Waals surface area contributed by atoms with Crippen LogP contribution in [0, 0.1) is 12.7 Å². The van der Waals surface area contributed by atoms with E-state index in [1.807, 2.05) is 35.7 Å². The minimum atomic E-state index is -0.556. The molecular formula is C16H13FN2O2. The number of aryl methyl sites for hydroxylation is 1. The molecule has 0 amide bonds. The molecule has 0 atom stereocenters. The number of carbonyl (C=O) groups excluding carboxylic acids is 1. The van der Waals surface area contributed by atoms with Crippen molar-refractivity contribution in [2.24, 2.45) is 0 Å². The maximum atomic E-state index is 13.1. The monoisotopic (exact) mass is 284 g/mol. The standard InChI is InChI=1S/C16H13FN2O2/c1-11-14(19-8-3-2-7-15(19)18-11)10-21-16(20)12-5-4-6-13(17)9-12/h2-9H,10H2,1H3. The lowest BCUT2D eigenvalue weighted by atomic mass is 10.2. The Morgan fingerprint density at radius 1 is 1.29 bits per heavy atom. The zero-order valence-electron chi connectivity index (χ0n) is 11.4. The Labute approximate surface area is 120 Å². The first-order valence-electron chi connectivity index (χ1n) is 6.50. The van der Waals surface area contributed by atoms with E-state index in [9.17, 15) is 9.18 Å². The second kappa shape index (κ2) is 5.36. The van der Waals surface area contributed by atoms with Crippen molar-refractivity contribution in [3.8, 4) is 0 Å². The number of esters is 1. The lowest BCUT2D eigenvalue weighted by Crippen LogP contribution is -2.07. The molecule has 0 aliphatic heterocycles. The Balaban J connectivity index is 1.80. The number of hydrogen-bond donors (Lipinski definition) is 0. The van der Waals surface area contributed by atoms with Crippen LogP contribution in [0.4, 0.5) is 4.39 Å². The average molecular weight is 284 g/mol. The summed E-state index contributed by atoms with van der Waals surface area (Å²) in [5, 5.41) is 0. The fraction of sp³-hybridized carbons (Fsp3) is 0.125. The molecule has 5 heteroatoms. The van der Waals surface area contributed by atoms with Gasteiger partial charge in [-0.15, -0.1) is 0 Å². The van der Waals surface area contributed by atoms with Gasteiger partial charge in [-0.25, -0.2) is 14.2 Å². The highest BCUT2D eigenvalue weighted by molar-refractivity contribution is 5.89. The van der Waals surface area contributed by atoms with Crippen molar-refractivity contribution in [3.05, 3.63) is 71.4 Å². The van der Waals surface area contributed by atoms with Crippen LogP contribution in [0.2, 0.25) is 0 Å². The van der Waals surface area contributed by atoms with Crippen LogP contribution in [0.3, 0.4) is 0 Å². The number of benzene rings is 1. The van der Waals surface area contributed by atoms with Crippen LogP contribution in [0.5, 0.6) is 0 Å². The van der Waals surface area contributed by atoms with Gasteiger partial charge < -0.3 is 9.14 Å². The summed E-state index contributed by atoms with van der Waals surface area (Å²) in [6, 6.07) is 11.1. The molecule has 2 heterocycles. The van der Waals surface area contributed by atoms with Crippen LogP contribution in [-0.2, 0) is 11.3 Å². The van der Waals surface area contributed by atoms with E-state index >= 15 is 0 Å². The first-order valence-corrected chi connectivity index (χ1v) is 6.50. The van der Waals surface area contributed by atoms with Crippen molar-refractivity contribution in [1.29, 1.82) is 0 Å². The zero-order chi connectivity index (χ0) is 14.8. The number of rotatable bonds is 3. The Morgan fingerprint density at radius 3 is 2.95 bits per heavy atom. The third kappa shape index (κ3) is 2.63. The van der Waals surface area contributed by atoms with E-state index in [0.29, 0.717) is 0 Å². The number of fused-ring (bicyclic) bond motifs is 1. The average Bonchev–Trinajstić information content (AvgIpc) is 2.80. The molecule has 0 saturated carbocycles. The smallest absolute Gasteiger partial charge is 0.338 e. The lowest BCUT2D eigenvalue weighted by Gasteiger charge is -2.06.